The minimum Gasteiger partial charge on any atom is -0.377 e. The number of aromatic amines is 1. The van der Waals surface area contributed by atoms with Gasteiger partial charge in [-0.1, -0.05) is 0 Å². The quantitative estimate of drug-likeness (QED) is 0.549. The third-order valence-corrected chi connectivity index (χ3v) is 5.29. The third kappa shape index (κ3) is 3.33. The second kappa shape index (κ2) is 7.68. The highest BCUT2D eigenvalue weighted by Gasteiger charge is 2.27. The van der Waals surface area contributed by atoms with Crippen molar-refractivity contribution in [1.29, 1.82) is 0 Å². The van der Waals surface area contributed by atoms with Crippen molar-refractivity contribution in [2.45, 2.75) is 19.4 Å². The van der Waals surface area contributed by atoms with Gasteiger partial charge in [0.2, 0.25) is 0 Å². The molecule has 9 nitrogen and oxygen atoms in total. The van der Waals surface area contributed by atoms with Crippen LogP contribution in [0, 0.1) is 0 Å². The third-order valence-electron chi connectivity index (χ3n) is 5.29. The number of fused-ring (bicyclic) bond motifs is 1. The largest absolute Gasteiger partial charge is 0.377 e. The molecule has 0 bridgehead atoms. The van der Waals surface area contributed by atoms with Gasteiger partial charge in [-0.3, -0.25) is 4.79 Å². The van der Waals surface area contributed by atoms with Crippen molar-refractivity contribution in [3.63, 3.8) is 0 Å². The first-order valence-corrected chi connectivity index (χ1v) is 9.94. The molecule has 0 aliphatic carbocycles. The van der Waals surface area contributed by atoms with E-state index in [9.17, 15) is 4.79 Å². The van der Waals surface area contributed by atoms with E-state index in [0.717, 1.165) is 23.1 Å². The van der Waals surface area contributed by atoms with E-state index >= 15 is 0 Å². The maximum Gasteiger partial charge on any atom is 0.255 e. The maximum absolute atomic E-state index is 12.9. The van der Waals surface area contributed by atoms with Crippen LogP contribution < -0.4 is 0 Å². The van der Waals surface area contributed by atoms with Crippen molar-refractivity contribution in [1.82, 2.24) is 34.8 Å². The van der Waals surface area contributed by atoms with Gasteiger partial charge in [0.1, 0.15) is 6.33 Å². The minimum atomic E-state index is -0.0178. The van der Waals surface area contributed by atoms with E-state index < -0.39 is 0 Å². The molecule has 1 atom stereocenters. The van der Waals surface area contributed by atoms with Gasteiger partial charge in [-0.25, -0.2) is 9.67 Å². The number of carbonyl (C=O) groups is 1. The zero-order valence-electron chi connectivity index (χ0n) is 16.5. The van der Waals surface area contributed by atoms with E-state index in [-0.39, 0.29) is 12.0 Å². The van der Waals surface area contributed by atoms with E-state index in [0.29, 0.717) is 36.7 Å². The molecule has 0 radical (unpaired) electrons. The molecule has 5 rings (SSSR count). The summed E-state index contributed by atoms with van der Waals surface area (Å²) in [6, 6.07) is 9.64. The number of aromatic nitrogens is 6. The average Bonchev–Trinajstić information content (AvgIpc) is 3.54. The van der Waals surface area contributed by atoms with Crippen LogP contribution in [-0.2, 0) is 4.74 Å². The predicted octanol–water partition coefficient (Wildman–Crippen LogP) is 2.46. The number of nitrogens with one attached hydrogen (secondary N) is 1. The summed E-state index contributed by atoms with van der Waals surface area (Å²) in [6.45, 7) is 3.97. The van der Waals surface area contributed by atoms with Crippen LogP contribution in [0.3, 0.4) is 0 Å². The van der Waals surface area contributed by atoms with E-state index in [2.05, 4.69) is 25.3 Å². The fraction of sp³-hybridized carbons (Fsp3) is 0.286. The molecule has 1 saturated heterocycles. The van der Waals surface area contributed by atoms with Crippen molar-refractivity contribution in [3.05, 3.63) is 54.6 Å². The SMILES string of the molecule is CCO[C@H]1CCN(C(=O)c2cnc3c(cnn3-c3ccc(-c4nnc[nH]4)cc3)c2)C1. The highest BCUT2D eigenvalue weighted by atomic mass is 16.5. The van der Waals surface area contributed by atoms with E-state index in [1.807, 2.05) is 42.2 Å². The molecule has 4 heterocycles. The molecule has 0 saturated carbocycles. The number of H-pyrrole nitrogens is 1. The molecule has 1 amide bonds. The number of benzene rings is 1. The van der Waals surface area contributed by atoms with Crippen molar-refractivity contribution in [3.8, 4) is 17.1 Å². The van der Waals surface area contributed by atoms with E-state index in [1.165, 1.54) is 0 Å². The standard InChI is InChI=1S/C21H21N7O2/c1-2-30-18-7-8-27(12-18)21(29)16-9-15-11-25-28(20(15)22-10-16)17-5-3-14(4-6-17)19-23-13-24-26-19/h3-6,9-11,13,18H,2,7-8,12H2,1H3,(H,23,24,26)/t18-/m0/s1. The molecular weight excluding hydrogens is 382 g/mol. The summed E-state index contributed by atoms with van der Waals surface area (Å²) < 4.78 is 7.40. The number of hydrogen-bond donors (Lipinski definition) is 1. The Morgan fingerprint density at radius 2 is 2.13 bits per heavy atom. The number of ether oxygens (including phenoxy) is 1. The summed E-state index contributed by atoms with van der Waals surface area (Å²) >= 11 is 0. The van der Waals surface area contributed by atoms with Crippen molar-refractivity contribution in [2.24, 2.45) is 0 Å². The summed E-state index contributed by atoms with van der Waals surface area (Å²) in [5.74, 6) is 0.692. The van der Waals surface area contributed by atoms with Gasteiger partial charge in [0.25, 0.3) is 5.91 Å². The molecule has 1 aliphatic rings. The van der Waals surface area contributed by atoms with Crippen LogP contribution in [0.4, 0.5) is 0 Å². The number of nitrogens with zero attached hydrogens (tertiary/aromatic N) is 6. The predicted molar refractivity (Wildman–Crippen MR) is 110 cm³/mol. The lowest BCUT2D eigenvalue weighted by molar-refractivity contribution is 0.0598. The van der Waals surface area contributed by atoms with Gasteiger partial charge in [-0.2, -0.15) is 5.10 Å². The van der Waals surface area contributed by atoms with Gasteiger partial charge < -0.3 is 14.6 Å². The summed E-state index contributed by atoms with van der Waals surface area (Å²) in [5.41, 5.74) is 3.08. The van der Waals surface area contributed by atoms with Crippen molar-refractivity contribution in [2.75, 3.05) is 19.7 Å². The Morgan fingerprint density at radius 1 is 1.27 bits per heavy atom. The monoisotopic (exact) mass is 403 g/mol. The van der Waals surface area contributed by atoms with Crippen LogP contribution in [0.2, 0.25) is 0 Å². The fourth-order valence-corrected chi connectivity index (χ4v) is 3.80. The minimum absolute atomic E-state index is 0.0178. The second-order valence-electron chi connectivity index (χ2n) is 7.19. The molecule has 1 N–H and O–H groups in total. The molecule has 0 unspecified atom stereocenters. The van der Waals surface area contributed by atoms with Gasteiger partial charge in [0, 0.05) is 36.8 Å². The average molecular weight is 403 g/mol. The lowest BCUT2D eigenvalue weighted by Gasteiger charge is -2.16. The van der Waals surface area contributed by atoms with Gasteiger partial charge in [-0.15, -0.1) is 10.2 Å². The molecule has 152 valence electrons. The first kappa shape index (κ1) is 18.4. The smallest absolute Gasteiger partial charge is 0.255 e. The Morgan fingerprint density at radius 3 is 2.90 bits per heavy atom. The Kier molecular flexibility index (Phi) is 4.72. The Bertz CT molecular complexity index is 1170. The van der Waals surface area contributed by atoms with Crippen LogP contribution in [0.15, 0.2) is 49.1 Å². The zero-order valence-corrected chi connectivity index (χ0v) is 16.5. The zero-order chi connectivity index (χ0) is 20.5. The molecule has 1 aromatic carbocycles. The fourth-order valence-electron chi connectivity index (χ4n) is 3.80. The number of likely N-dealkylation sites (tertiary alicyclic amines) is 1. The Balaban J connectivity index is 1.38. The lowest BCUT2D eigenvalue weighted by atomic mass is 10.2. The summed E-state index contributed by atoms with van der Waals surface area (Å²) in [5, 5.41) is 13.1. The normalized spacial score (nSPS) is 16.4. The van der Waals surface area contributed by atoms with Gasteiger partial charge in [0.15, 0.2) is 11.5 Å². The molecule has 3 aromatic heterocycles. The molecule has 1 aliphatic heterocycles. The Hall–Kier alpha value is -3.59. The van der Waals surface area contributed by atoms with Gasteiger partial charge >= 0.3 is 0 Å². The van der Waals surface area contributed by atoms with E-state index in [1.54, 1.807) is 23.4 Å². The first-order valence-electron chi connectivity index (χ1n) is 9.94. The molecule has 30 heavy (non-hydrogen) atoms. The summed E-state index contributed by atoms with van der Waals surface area (Å²) in [6.07, 6.45) is 5.90. The van der Waals surface area contributed by atoms with Crippen molar-refractivity contribution >= 4 is 16.9 Å². The molecule has 1 fully saturated rings. The first-order chi connectivity index (χ1) is 14.7. The van der Waals surface area contributed by atoms with Crippen LogP contribution in [0.25, 0.3) is 28.1 Å². The maximum atomic E-state index is 12.9. The van der Waals surface area contributed by atoms with Crippen LogP contribution >= 0.6 is 0 Å². The number of carbonyl (C=O) groups excluding carboxylic acids is 1. The number of hydrogen-bond acceptors (Lipinski definition) is 6. The van der Waals surface area contributed by atoms with Crippen LogP contribution in [0.1, 0.15) is 23.7 Å². The van der Waals surface area contributed by atoms with E-state index in [4.69, 9.17) is 4.74 Å². The topological polar surface area (TPSA) is 102 Å². The molecule has 4 aromatic rings. The Labute approximate surface area is 172 Å². The number of pyridine rings is 1. The second-order valence-corrected chi connectivity index (χ2v) is 7.19. The van der Waals surface area contributed by atoms with Crippen LogP contribution in [-0.4, -0.2) is 66.6 Å². The molecule has 0 spiro atoms. The lowest BCUT2D eigenvalue weighted by Crippen LogP contribution is -2.30. The molecule has 9 heteroatoms. The summed E-state index contributed by atoms with van der Waals surface area (Å²) in [7, 11) is 0. The highest BCUT2D eigenvalue weighted by molar-refractivity contribution is 5.97. The molecular formula is C21H21N7O2. The van der Waals surface area contributed by atoms with Gasteiger partial charge in [-0.05, 0) is 43.7 Å². The summed E-state index contributed by atoms with van der Waals surface area (Å²) in [4.78, 5) is 22.2. The van der Waals surface area contributed by atoms with Gasteiger partial charge in [0.05, 0.1) is 23.6 Å². The number of amides is 1. The van der Waals surface area contributed by atoms with Crippen LogP contribution in [0.5, 0.6) is 0 Å². The highest BCUT2D eigenvalue weighted by Crippen LogP contribution is 2.22. The van der Waals surface area contributed by atoms with Crippen molar-refractivity contribution < 1.29 is 9.53 Å². The number of rotatable bonds is 5.